The number of rotatable bonds is 4. The Kier molecular flexibility index (Phi) is 5.36. The molecule has 0 N–H and O–H groups in total. The first-order valence-corrected chi connectivity index (χ1v) is 13.7. The van der Waals surface area contributed by atoms with E-state index in [1.165, 1.54) is 28.6 Å². The van der Waals surface area contributed by atoms with Crippen molar-refractivity contribution in [3.63, 3.8) is 0 Å². The molecule has 1 atom stereocenters. The summed E-state index contributed by atoms with van der Waals surface area (Å²) >= 11 is 0. The van der Waals surface area contributed by atoms with Crippen molar-refractivity contribution in [2.24, 2.45) is 5.92 Å². The van der Waals surface area contributed by atoms with Crippen LogP contribution >= 0.6 is 0 Å². The summed E-state index contributed by atoms with van der Waals surface area (Å²) in [5.74, 6) is -1.51. The number of hydrogen-bond donors (Lipinski definition) is 0. The van der Waals surface area contributed by atoms with Crippen molar-refractivity contribution in [1.82, 2.24) is 0 Å². The molecule has 2 heterocycles. The molecule has 1 aliphatic carbocycles. The molecule has 1 spiro atoms. The van der Waals surface area contributed by atoms with Gasteiger partial charge in [0, 0.05) is 33.3 Å². The Morgan fingerprint density at radius 1 is 1.09 bits per heavy atom. The van der Waals surface area contributed by atoms with Crippen LogP contribution in [0.4, 0.5) is 14.5 Å². The van der Waals surface area contributed by atoms with Crippen molar-refractivity contribution in [1.29, 1.82) is 0 Å². The molecule has 1 saturated carbocycles. The fourth-order valence-corrected chi connectivity index (χ4v) is 8.61. The van der Waals surface area contributed by atoms with Gasteiger partial charge in [-0.25, -0.2) is 22.0 Å². The van der Waals surface area contributed by atoms with E-state index in [0.717, 1.165) is 32.1 Å². The number of halogens is 2. The summed E-state index contributed by atoms with van der Waals surface area (Å²) in [5, 5.41) is 0. The standard InChI is InChI=1S/C23H23F2NO5S2/c1-31-22(27)17-8-9-18-19(20(17)25)23(10-12-32(28)13-11-23)21(14-2-3-14)26(18)33(29,30)16-6-4-15(24)5-7-16/h4-9,14,21H,2-3,10-13H2,1H3. The lowest BCUT2D eigenvalue weighted by molar-refractivity contribution is 0.0595. The number of hydrogen-bond acceptors (Lipinski definition) is 5. The smallest absolute Gasteiger partial charge is 0.340 e. The topological polar surface area (TPSA) is 80.8 Å². The summed E-state index contributed by atoms with van der Waals surface area (Å²) < 4.78 is 75.4. The van der Waals surface area contributed by atoms with Gasteiger partial charge in [0.15, 0.2) is 0 Å². The quantitative estimate of drug-likeness (QED) is 0.607. The molecule has 33 heavy (non-hydrogen) atoms. The molecule has 176 valence electrons. The Bertz CT molecular complexity index is 1250. The molecule has 0 radical (unpaired) electrons. The van der Waals surface area contributed by atoms with Gasteiger partial charge >= 0.3 is 5.97 Å². The van der Waals surface area contributed by atoms with E-state index in [1.807, 2.05) is 0 Å². The molecule has 2 aromatic carbocycles. The highest BCUT2D eigenvalue weighted by molar-refractivity contribution is 7.93. The summed E-state index contributed by atoms with van der Waals surface area (Å²) in [5.41, 5.74) is -0.775. The van der Waals surface area contributed by atoms with Crippen LogP contribution in [-0.4, -0.2) is 43.3 Å². The monoisotopic (exact) mass is 495 g/mol. The van der Waals surface area contributed by atoms with E-state index in [4.69, 9.17) is 4.74 Å². The number of ether oxygens (including phenoxy) is 1. The van der Waals surface area contributed by atoms with Crippen molar-refractivity contribution in [3.8, 4) is 0 Å². The Morgan fingerprint density at radius 3 is 2.30 bits per heavy atom. The molecule has 6 nitrogen and oxygen atoms in total. The highest BCUT2D eigenvalue weighted by Crippen LogP contribution is 2.59. The van der Waals surface area contributed by atoms with E-state index in [1.54, 1.807) is 0 Å². The molecule has 2 fully saturated rings. The zero-order chi connectivity index (χ0) is 23.5. The molecule has 2 aromatic rings. The zero-order valence-electron chi connectivity index (χ0n) is 17.9. The number of nitrogens with zero attached hydrogens (tertiary/aromatic N) is 1. The van der Waals surface area contributed by atoms with Crippen LogP contribution in [0.15, 0.2) is 41.3 Å². The number of anilines is 1. The van der Waals surface area contributed by atoms with Gasteiger partial charge in [-0.05, 0) is 68.0 Å². The van der Waals surface area contributed by atoms with Crippen LogP contribution in [0.3, 0.4) is 0 Å². The van der Waals surface area contributed by atoms with Gasteiger partial charge in [0.1, 0.15) is 11.6 Å². The number of fused-ring (bicyclic) bond motifs is 2. The molecular weight excluding hydrogens is 472 g/mol. The van der Waals surface area contributed by atoms with Crippen LogP contribution < -0.4 is 4.31 Å². The fourth-order valence-electron chi connectivity index (χ4n) is 5.43. The first-order valence-electron chi connectivity index (χ1n) is 10.8. The van der Waals surface area contributed by atoms with Gasteiger partial charge in [-0.1, -0.05) is 0 Å². The molecule has 5 rings (SSSR count). The summed E-state index contributed by atoms with van der Waals surface area (Å²) in [6, 6.07) is 6.70. The van der Waals surface area contributed by atoms with Gasteiger partial charge in [0.2, 0.25) is 0 Å². The van der Waals surface area contributed by atoms with E-state index >= 15 is 4.39 Å². The number of methoxy groups -OCH3 is 1. The number of sulfonamides is 1. The largest absolute Gasteiger partial charge is 0.465 e. The maximum absolute atomic E-state index is 16.0. The Labute approximate surface area is 193 Å². The van der Waals surface area contributed by atoms with Crippen molar-refractivity contribution in [2.45, 2.75) is 42.0 Å². The van der Waals surface area contributed by atoms with Gasteiger partial charge in [0.25, 0.3) is 10.0 Å². The third-order valence-electron chi connectivity index (χ3n) is 7.07. The van der Waals surface area contributed by atoms with E-state index in [0.29, 0.717) is 24.3 Å². The second-order valence-electron chi connectivity index (χ2n) is 8.85. The predicted molar refractivity (Wildman–Crippen MR) is 119 cm³/mol. The minimum Gasteiger partial charge on any atom is -0.465 e. The van der Waals surface area contributed by atoms with Crippen molar-refractivity contribution in [2.75, 3.05) is 22.9 Å². The third-order valence-corrected chi connectivity index (χ3v) is 10.2. The second kappa shape index (κ2) is 7.87. The third kappa shape index (κ3) is 3.41. The summed E-state index contributed by atoms with van der Waals surface area (Å²) in [6.07, 6.45) is 2.30. The van der Waals surface area contributed by atoms with Crippen LogP contribution in [0, 0.1) is 17.6 Å². The molecule has 10 heteroatoms. The molecule has 2 aliphatic heterocycles. The lowest BCUT2D eigenvalue weighted by Crippen LogP contribution is -2.51. The van der Waals surface area contributed by atoms with Crippen LogP contribution in [0.25, 0.3) is 0 Å². The van der Waals surface area contributed by atoms with Gasteiger partial charge in [-0.3, -0.25) is 8.51 Å². The van der Waals surface area contributed by atoms with Crippen molar-refractivity contribution >= 4 is 32.5 Å². The van der Waals surface area contributed by atoms with E-state index in [9.17, 15) is 21.8 Å². The molecular formula is C23H23F2NO5S2. The second-order valence-corrected chi connectivity index (χ2v) is 12.4. The lowest BCUT2D eigenvalue weighted by Gasteiger charge is -2.41. The minimum absolute atomic E-state index is 0.0140. The molecule has 0 bridgehead atoms. The number of benzene rings is 2. The van der Waals surface area contributed by atoms with Crippen LogP contribution in [0.2, 0.25) is 0 Å². The Hall–Kier alpha value is -2.33. The van der Waals surface area contributed by atoms with Gasteiger partial charge < -0.3 is 4.74 Å². The summed E-state index contributed by atoms with van der Waals surface area (Å²) in [4.78, 5) is 12.2. The van der Waals surface area contributed by atoms with Crippen molar-refractivity contribution < 1.29 is 30.9 Å². The van der Waals surface area contributed by atoms with E-state index in [2.05, 4.69) is 0 Å². The molecule has 0 amide bonds. The highest BCUT2D eigenvalue weighted by atomic mass is 32.2. The minimum atomic E-state index is -4.16. The SMILES string of the molecule is COC(=O)c1ccc2c(c1F)C1(CCS(=O)CC1)C(C1CC1)N2S(=O)(=O)c1ccc(F)cc1. The molecule has 3 aliphatic rings. The first kappa shape index (κ1) is 22.5. The van der Waals surface area contributed by atoms with Crippen molar-refractivity contribution in [3.05, 3.63) is 59.2 Å². The number of esters is 1. The van der Waals surface area contributed by atoms with Gasteiger partial charge in [0.05, 0.1) is 29.3 Å². The summed E-state index contributed by atoms with van der Waals surface area (Å²) in [6.45, 7) is 0. The molecule has 1 saturated heterocycles. The Morgan fingerprint density at radius 2 is 1.73 bits per heavy atom. The fraction of sp³-hybridized carbons (Fsp3) is 0.435. The van der Waals surface area contributed by atoms with Crippen LogP contribution in [-0.2, 0) is 31.0 Å². The normalized spacial score (nSPS) is 26.9. The average Bonchev–Trinajstić information content (AvgIpc) is 3.59. The highest BCUT2D eigenvalue weighted by Gasteiger charge is 2.61. The maximum Gasteiger partial charge on any atom is 0.340 e. The predicted octanol–water partition coefficient (Wildman–Crippen LogP) is 3.52. The summed E-state index contributed by atoms with van der Waals surface area (Å²) in [7, 11) is -4.06. The van der Waals surface area contributed by atoms with E-state index < -0.39 is 49.9 Å². The average molecular weight is 496 g/mol. The van der Waals surface area contributed by atoms with E-state index in [-0.39, 0.29) is 27.6 Å². The Balaban J connectivity index is 1.76. The number of carbonyl (C=O) groups excluding carboxylic acids is 1. The van der Waals surface area contributed by atoms with Gasteiger partial charge in [-0.2, -0.15) is 0 Å². The molecule has 1 unspecified atom stereocenters. The van der Waals surface area contributed by atoms with Crippen LogP contribution in [0.1, 0.15) is 41.6 Å². The lowest BCUT2D eigenvalue weighted by atomic mass is 9.70. The number of carbonyl (C=O) groups is 1. The molecule has 0 aromatic heterocycles. The van der Waals surface area contributed by atoms with Crippen LogP contribution in [0.5, 0.6) is 0 Å². The first-order chi connectivity index (χ1) is 15.7. The maximum atomic E-state index is 16.0. The zero-order valence-corrected chi connectivity index (χ0v) is 19.6. The van der Waals surface area contributed by atoms with Gasteiger partial charge in [-0.15, -0.1) is 0 Å².